The van der Waals surface area contributed by atoms with Gasteiger partial charge >= 0.3 is 0 Å². The predicted molar refractivity (Wildman–Crippen MR) is 81.2 cm³/mol. The fourth-order valence-corrected chi connectivity index (χ4v) is 4.12. The molecule has 1 N–H and O–H groups in total. The molecule has 1 unspecified atom stereocenters. The first kappa shape index (κ1) is 16.4. The molecule has 0 aliphatic carbocycles. The van der Waals surface area contributed by atoms with Crippen LogP contribution in [0.15, 0.2) is 29.2 Å². The molecule has 5 nitrogen and oxygen atoms in total. The van der Waals surface area contributed by atoms with Gasteiger partial charge in [-0.05, 0) is 31.0 Å². The number of sulfone groups is 1. The number of rotatable bonds is 8. The van der Waals surface area contributed by atoms with Gasteiger partial charge in [0.05, 0.1) is 23.9 Å². The van der Waals surface area contributed by atoms with E-state index in [0.29, 0.717) is 31.1 Å². The van der Waals surface area contributed by atoms with Crippen molar-refractivity contribution in [2.24, 2.45) is 0 Å². The van der Waals surface area contributed by atoms with E-state index in [1.807, 2.05) is 12.1 Å². The largest absolute Gasteiger partial charge is 0.382 e. The van der Waals surface area contributed by atoms with Crippen LogP contribution in [-0.4, -0.2) is 47.6 Å². The van der Waals surface area contributed by atoms with Crippen molar-refractivity contribution in [2.45, 2.75) is 23.8 Å². The van der Waals surface area contributed by atoms with Gasteiger partial charge in [0.25, 0.3) is 0 Å². The summed E-state index contributed by atoms with van der Waals surface area (Å²) in [4.78, 5) is 0.477. The summed E-state index contributed by atoms with van der Waals surface area (Å²) in [7, 11) is -1.45. The Balaban J connectivity index is 1.83. The van der Waals surface area contributed by atoms with Crippen LogP contribution in [0.3, 0.4) is 0 Å². The third-order valence-electron chi connectivity index (χ3n) is 3.59. The summed E-state index contributed by atoms with van der Waals surface area (Å²) in [6.07, 6.45) is 1.53. The summed E-state index contributed by atoms with van der Waals surface area (Å²) >= 11 is 0. The standard InChI is InChI=1S/C15H23NO4S/c1-19-10-11-20-9-4-8-16-14-7-12-21(17,18)15-6-3-2-5-13(14)15/h2-3,5-6,14,16H,4,7-12H2,1H3. The minimum atomic E-state index is -3.10. The Morgan fingerprint density at radius 2 is 2.05 bits per heavy atom. The van der Waals surface area contributed by atoms with Gasteiger partial charge in [0.15, 0.2) is 9.84 Å². The van der Waals surface area contributed by atoms with Crippen LogP contribution >= 0.6 is 0 Å². The van der Waals surface area contributed by atoms with E-state index in [1.54, 1.807) is 19.2 Å². The molecule has 0 amide bonds. The third-order valence-corrected chi connectivity index (χ3v) is 5.41. The molecule has 1 aromatic carbocycles. The van der Waals surface area contributed by atoms with Gasteiger partial charge in [-0.3, -0.25) is 0 Å². The Kier molecular flexibility index (Phi) is 6.17. The quantitative estimate of drug-likeness (QED) is 0.738. The molecule has 0 spiro atoms. The summed E-state index contributed by atoms with van der Waals surface area (Å²) < 4.78 is 34.4. The number of hydrogen-bond donors (Lipinski definition) is 1. The van der Waals surface area contributed by atoms with Gasteiger partial charge in [0, 0.05) is 19.8 Å². The van der Waals surface area contributed by atoms with E-state index in [4.69, 9.17) is 9.47 Å². The van der Waals surface area contributed by atoms with Gasteiger partial charge in [0.2, 0.25) is 0 Å². The second-order valence-electron chi connectivity index (χ2n) is 5.11. The molecule has 0 aromatic heterocycles. The van der Waals surface area contributed by atoms with Crippen LogP contribution in [0.1, 0.15) is 24.4 Å². The lowest BCUT2D eigenvalue weighted by Crippen LogP contribution is -2.30. The predicted octanol–water partition coefficient (Wildman–Crippen LogP) is 1.55. The molecule has 2 rings (SSSR count). The van der Waals surface area contributed by atoms with Crippen molar-refractivity contribution in [3.8, 4) is 0 Å². The number of methoxy groups -OCH3 is 1. The van der Waals surface area contributed by atoms with Crippen LogP contribution < -0.4 is 5.32 Å². The van der Waals surface area contributed by atoms with Crippen molar-refractivity contribution < 1.29 is 17.9 Å². The normalized spacial score (nSPS) is 20.1. The first-order valence-electron chi connectivity index (χ1n) is 7.27. The first-order chi connectivity index (χ1) is 10.1. The smallest absolute Gasteiger partial charge is 0.178 e. The van der Waals surface area contributed by atoms with Crippen LogP contribution in [0.2, 0.25) is 0 Å². The monoisotopic (exact) mass is 313 g/mol. The molecular weight excluding hydrogens is 290 g/mol. The summed E-state index contributed by atoms with van der Waals surface area (Å²) in [5.74, 6) is 0.214. The molecule has 1 aromatic rings. The Morgan fingerprint density at radius 3 is 2.86 bits per heavy atom. The molecule has 1 heterocycles. The fraction of sp³-hybridized carbons (Fsp3) is 0.600. The van der Waals surface area contributed by atoms with E-state index in [0.717, 1.165) is 18.5 Å². The second kappa shape index (κ2) is 7.89. The average molecular weight is 313 g/mol. The molecule has 0 saturated heterocycles. The Labute approximate surface area is 126 Å². The number of nitrogens with one attached hydrogen (secondary N) is 1. The lowest BCUT2D eigenvalue weighted by molar-refractivity contribution is 0.0692. The van der Waals surface area contributed by atoms with Crippen LogP contribution in [0, 0.1) is 0 Å². The van der Waals surface area contributed by atoms with Gasteiger partial charge in [-0.25, -0.2) is 8.42 Å². The highest BCUT2D eigenvalue weighted by atomic mass is 32.2. The molecule has 21 heavy (non-hydrogen) atoms. The maximum atomic E-state index is 12.0. The Hall–Kier alpha value is -0.950. The lowest BCUT2D eigenvalue weighted by atomic mass is 10.0. The van der Waals surface area contributed by atoms with E-state index in [9.17, 15) is 8.42 Å². The van der Waals surface area contributed by atoms with E-state index in [2.05, 4.69) is 5.32 Å². The molecule has 1 atom stereocenters. The molecular formula is C15H23NO4S. The van der Waals surface area contributed by atoms with E-state index in [-0.39, 0.29) is 11.8 Å². The summed E-state index contributed by atoms with van der Waals surface area (Å²) in [6, 6.07) is 7.39. The highest BCUT2D eigenvalue weighted by molar-refractivity contribution is 7.91. The van der Waals surface area contributed by atoms with Crippen molar-refractivity contribution >= 4 is 9.84 Å². The summed E-state index contributed by atoms with van der Waals surface area (Å²) in [5.41, 5.74) is 0.893. The van der Waals surface area contributed by atoms with Gasteiger partial charge in [0.1, 0.15) is 0 Å². The third kappa shape index (κ3) is 4.51. The Morgan fingerprint density at radius 1 is 1.24 bits per heavy atom. The zero-order chi connectivity index (χ0) is 15.1. The molecule has 0 bridgehead atoms. The van der Waals surface area contributed by atoms with Gasteiger partial charge in [-0.2, -0.15) is 0 Å². The van der Waals surface area contributed by atoms with Gasteiger partial charge in [-0.15, -0.1) is 0 Å². The number of ether oxygens (including phenoxy) is 2. The number of fused-ring (bicyclic) bond motifs is 1. The highest BCUT2D eigenvalue weighted by Gasteiger charge is 2.29. The highest BCUT2D eigenvalue weighted by Crippen LogP contribution is 2.31. The zero-order valence-electron chi connectivity index (χ0n) is 12.4. The SMILES string of the molecule is COCCOCCCNC1CCS(=O)(=O)c2ccccc21. The number of hydrogen-bond acceptors (Lipinski definition) is 5. The first-order valence-corrected chi connectivity index (χ1v) is 8.92. The van der Waals surface area contributed by atoms with Crippen molar-refractivity contribution in [1.29, 1.82) is 0 Å². The molecule has 6 heteroatoms. The van der Waals surface area contributed by atoms with Crippen LogP contribution in [0.4, 0.5) is 0 Å². The minimum Gasteiger partial charge on any atom is -0.382 e. The maximum absolute atomic E-state index is 12.0. The van der Waals surface area contributed by atoms with Crippen LogP contribution in [-0.2, 0) is 19.3 Å². The molecule has 0 radical (unpaired) electrons. The molecule has 1 aliphatic heterocycles. The zero-order valence-corrected chi connectivity index (χ0v) is 13.2. The second-order valence-corrected chi connectivity index (χ2v) is 7.19. The van der Waals surface area contributed by atoms with Crippen molar-refractivity contribution in [1.82, 2.24) is 5.32 Å². The van der Waals surface area contributed by atoms with Gasteiger partial charge in [-0.1, -0.05) is 18.2 Å². The van der Waals surface area contributed by atoms with Gasteiger partial charge < -0.3 is 14.8 Å². The molecule has 1 aliphatic rings. The molecule has 118 valence electrons. The summed E-state index contributed by atoms with van der Waals surface area (Å²) in [6.45, 7) is 2.72. The van der Waals surface area contributed by atoms with Crippen molar-refractivity contribution in [2.75, 3.05) is 39.2 Å². The maximum Gasteiger partial charge on any atom is 0.178 e. The number of benzene rings is 1. The van der Waals surface area contributed by atoms with Crippen LogP contribution in [0.5, 0.6) is 0 Å². The van der Waals surface area contributed by atoms with Crippen molar-refractivity contribution in [3.05, 3.63) is 29.8 Å². The molecule has 0 saturated carbocycles. The topological polar surface area (TPSA) is 64.6 Å². The van der Waals surface area contributed by atoms with Crippen molar-refractivity contribution in [3.63, 3.8) is 0 Å². The Bertz CT molecular complexity index is 544. The lowest BCUT2D eigenvalue weighted by Gasteiger charge is -2.26. The summed E-state index contributed by atoms with van der Waals surface area (Å²) in [5, 5.41) is 3.43. The van der Waals surface area contributed by atoms with E-state index in [1.165, 1.54) is 0 Å². The van der Waals surface area contributed by atoms with E-state index >= 15 is 0 Å². The van der Waals surface area contributed by atoms with Crippen LogP contribution in [0.25, 0.3) is 0 Å². The molecule has 0 fully saturated rings. The minimum absolute atomic E-state index is 0.115. The van der Waals surface area contributed by atoms with E-state index < -0.39 is 9.84 Å². The fourth-order valence-electron chi connectivity index (χ4n) is 2.50. The average Bonchev–Trinajstić information content (AvgIpc) is 2.49.